The predicted molar refractivity (Wildman–Crippen MR) is 82.9 cm³/mol. The summed E-state index contributed by atoms with van der Waals surface area (Å²) in [5.74, 6) is 0.970. The molecular formula is C14H25N3O4S. The highest BCUT2D eigenvalue weighted by atomic mass is 32.2. The number of sulfonamides is 1. The fourth-order valence-corrected chi connectivity index (χ4v) is 4.40. The SMILES string of the molecule is COCC(C)CS(=O)(=O)N1CCN(Cc2ncoc2C)CC1. The van der Waals surface area contributed by atoms with Gasteiger partial charge in [-0.1, -0.05) is 6.92 Å². The van der Waals surface area contributed by atoms with E-state index in [0.29, 0.717) is 39.3 Å². The van der Waals surface area contributed by atoms with Crippen LogP contribution >= 0.6 is 0 Å². The Morgan fingerprint density at radius 1 is 1.36 bits per heavy atom. The van der Waals surface area contributed by atoms with Gasteiger partial charge in [0.1, 0.15) is 5.76 Å². The molecule has 1 atom stereocenters. The third-order valence-electron chi connectivity index (χ3n) is 3.89. The molecule has 1 unspecified atom stereocenters. The van der Waals surface area contributed by atoms with Gasteiger partial charge in [0.05, 0.1) is 11.4 Å². The summed E-state index contributed by atoms with van der Waals surface area (Å²) in [6.45, 7) is 7.43. The van der Waals surface area contributed by atoms with Gasteiger partial charge in [-0.25, -0.2) is 13.4 Å². The quantitative estimate of drug-likeness (QED) is 0.732. The van der Waals surface area contributed by atoms with Crippen LogP contribution in [0.2, 0.25) is 0 Å². The van der Waals surface area contributed by atoms with Crippen molar-refractivity contribution in [3.63, 3.8) is 0 Å². The number of hydrogen-bond acceptors (Lipinski definition) is 6. The number of oxazole rings is 1. The molecule has 1 aliphatic heterocycles. The Balaban J connectivity index is 1.85. The summed E-state index contributed by atoms with van der Waals surface area (Å²) in [6, 6.07) is 0. The van der Waals surface area contributed by atoms with Gasteiger partial charge in [-0.15, -0.1) is 0 Å². The zero-order chi connectivity index (χ0) is 16.2. The van der Waals surface area contributed by atoms with E-state index in [1.54, 1.807) is 11.4 Å². The maximum Gasteiger partial charge on any atom is 0.214 e. The zero-order valence-electron chi connectivity index (χ0n) is 13.5. The minimum absolute atomic E-state index is 0.00538. The van der Waals surface area contributed by atoms with Crippen LogP contribution in [0.1, 0.15) is 18.4 Å². The first kappa shape index (κ1) is 17.4. The highest BCUT2D eigenvalue weighted by Crippen LogP contribution is 2.14. The van der Waals surface area contributed by atoms with Crippen molar-refractivity contribution in [2.24, 2.45) is 5.92 Å². The van der Waals surface area contributed by atoms with Gasteiger partial charge in [0.15, 0.2) is 6.39 Å². The molecule has 1 aliphatic rings. The average Bonchev–Trinajstić information content (AvgIpc) is 2.84. The number of nitrogens with zero attached hydrogens (tertiary/aromatic N) is 3. The monoisotopic (exact) mass is 331 g/mol. The molecule has 0 spiro atoms. The molecular weight excluding hydrogens is 306 g/mol. The number of hydrogen-bond donors (Lipinski definition) is 0. The van der Waals surface area contributed by atoms with Crippen molar-refractivity contribution >= 4 is 10.0 Å². The van der Waals surface area contributed by atoms with Crippen LogP contribution in [0.25, 0.3) is 0 Å². The lowest BCUT2D eigenvalue weighted by atomic mass is 10.2. The van der Waals surface area contributed by atoms with Gasteiger partial charge in [-0.2, -0.15) is 4.31 Å². The molecule has 0 N–H and O–H groups in total. The standard InChI is InChI=1S/C14H25N3O4S/c1-12(9-20-3)10-22(18,19)17-6-4-16(5-7-17)8-14-13(2)21-11-15-14/h11-12H,4-10H2,1-3H3. The molecule has 22 heavy (non-hydrogen) atoms. The average molecular weight is 331 g/mol. The first-order valence-corrected chi connectivity index (χ1v) is 9.11. The van der Waals surface area contributed by atoms with Crippen LogP contribution in [0.15, 0.2) is 10.8 Å². The second-order valence-corrected chi connectivity index (χ2v) is 7.88. The van der Waals surface area contributed by atoms with Crippen LogP contribution in [0.3, 0.4) is 0 Å². The summed E-state index contributed by atoms with van der Waals surface area (Å²) < 4.78 is 36.5. The summed E-state index contributed by atoms with van der Waals surface area (Å²) in [6.07, 6.45) is 1.45. The van der Waals surface area contributed by atoms with Crippen molar-refractivity contribution in [2.45, 2.75) is 20.4 Å². The molecule has 0 aliphatic carbocycles. The normalized spacial score (nSPS) is 19.4. The molecule has 2 rings (SSSR count). The first-order chi connectivity index (χ1) is 10.4. The highest BCUT2D eigenvalue weighted by Gasteiger charge is 2.28. The lowest BCUT2D eigenvalue weighted by molar-refractivity contribution is 0.163. The molecule has 2 heterocycles. The predicted octanol–water partition coefficient (Wildman–Crippen LogP) is 0.713. The maximum absolute atomic E-state index is 12.4. The molecule has 0 radical (unpaired) electrons. The molecule has 1 aromatic heterocycles. The van der Waals surface area contributed by atoms with Crippen molar-refractivity contribution < 1.29 is 17.6 Å². The van der Waals surface area contributed by atoms with Crippen LogP contribution < -0.4 is 0 Å². The summed E-state index contributed by atoms with van der Waals surface area (Å²) >= 11 is 0. The molecule has 1 aromatic rings. The van der Waals surface area contributed by atoms with E-state index in [2.05, 4.69) is 9.88 Å². The minimum Gasteiger partial charge on any atom is -0.448 e. The van der Waals surface area contributed by atoms with E-state index in [-0.39, 0.29) is 11.7 Å². The Hall–Kier alpha value is -0.960. The summed E-state index contributed by atoms with van der Waals surface area (Å²) in [4.78, 5) is 6.39. The fourth-order valence-electron chi connectivity index (χ4n) is 2.66. The van der Waals surface area contributed by atoms with Crippen molar-refractivity contribution in [3.05, 3.63) is 17.8 Å². The Morgan fingerprint density at radius 2 is 2.05 bits per heavy atom. The van der Waals surface area contributed by atoms with E-state index < -0.39 is 10.0 Å². The van der Waals surface area contributed by atoms with E-state index in [0.717, 1.165) is 11.5 Å². The van der Waals surface area contributed by atoms with Crippen LogP contribution in [-0.4, -0.2) is 68.3 Å². The van der Waals surface area contributed by atoms with Crippen LogP contribution in [0.5, 0.6) is 0 Å². The van der Waals surface area contributed by atoms with E-state index in [4.69, 9.17) is 9.15 Å². The number of ether oxygens (including phenoxy) is 1. The van der Waals surface area contributed by atoms with Gasteiger partial charge in [0.2, 0.25) is 10.0 Å². The Labute approximate surface area is 132 Å². The third-order valence-corrected chi connectivity index (χ3v) is 6.03. The largest absolute Gasteiger partial charge is 0.448 e. The molecule has 1 fully saturated rings. The number of aryl methyl sites for hydroxylation is 1. The number of aromatic nitrogens is 1. The maximum atomic E-state index is 12.4. The van der Waals surface area contributed by atoms with Crippen molar-refractivity contribution in [1.29, 1.82) is 0 Å². The zero-order valence-corrected chi connectivity index (χ0v) is 14.3. The van der Waals surface area contributed by atoms with Gasteiger partial charge in [0, 0.05) is 46.4 Å². The molecule has 0 aromatic carbocycles. The van der Waals surface area contributed by atoms with Crippen LogP contribution in [0.4, 0.5) is 0 Å². The van der Waals surface area contributed by atoms with E-state index in [1.165, 1.54) is 6.39 Å². The van der Waals surface area contributed by atoms with Crippen molar-refractivity contribution in [3.8, 4) is 0 Å². The van der Waals surface area contributed by atoms with Crippen LogP contribution in [-0.2, 0) is 21.3 Å². The Kier molecular flexibility index (Phi) is 5.96. The van der Waals surface area contributed by atoms with Gasteiger partial charge < -0.3 is 9.15 Å². The first-order valence-electron chi connectivity index (χ1n) is 7.50. The smallest absolute Gasteiger partial charge is 0.214 e. The fraction of sp³-hybridized carbons (Fsp3) is 0.786. The third kappa shape index (κ3) is 4.52. The molecule has 0 saturated carbocycles. The Morgan fingerprint density at radius 3 is 2.59 bits per heavy atom. The summed E-state index contributed by atoms with van der Waals surface area (Å²) in [5, 5.41) is 0. The lowest BCUT2D eigenvalue weighted by Crippen LogP contribution is -2.49. The Bertz CT molecular complexity index is 564. The lowest BCUT2D eigenvalue weighted by Gasteiger charge is -2.34. The molecule has 0 bridgehead atoms. The van der Waals surface area contributed by atoms with Gasteiger partial charge in [-0.05, 0) is 12.8 Å². The van der Waals surface area contributed by atoms with Crippen molar-refractivity contribution in [1.82, 2.24) is 14.2 Å². The molecule has 126 valence electrons. The molecule has 1 saturated heterocycles. The van der Waals surface area contributed by atoms with E-state index in [9.17, 15) is 8.42 Å². The second-order valence-electron chi connectivity index (χ2n) is 5.87. The summed E-state index contributed by atoms with van der Waals surface area (Å²) in [7, 11) is -1.61. The van der Waals surface area contributed by atoms with Crippen LogP contribution in [0, 0.1) is 12.8 Å². The van der Waals surface area contributed by atoms with Crippen molar-refractivity contribution in [2.75, 3.05) is 45.6 Å². The molecule has 8 heteroatoms. The van der Waals surface area contributed by atoms with Gasteiger partial charge in [0.25, 0.3) is 0 Å². The highest BCUT2D eigenvalue weighted by molar-refractivity contribution is 7.89. The minimum atomic E-state index is -3.21. The molecule has 7 nitrogen and oxygen atoms in total. The van der Waals surface area contributed by atoms with E-state index in [1.807, 2.05) is 13.8 Å². The molecule has 0 amide bonds. The van der Waals surface area contributed by atoms with Gasteiger partial charge in [-0.3, -0.25) is 4.90 Å². The number of methoxy groups -OCH3 is 1. The number of rotatable bonds is 7. The summed E-state index contributed by atoms with van der Waals surface area (Å²) in [5.41, 5.74) is 0.921. The number of piperazine rings is 1. The van der Waals surface area contributed by atoms with E-state index >= 15 is 0 Å². The van der Waals surface area contributed by atoms with Gasteiger partial charge >= 0.3 is 0 Å². The second kappa shape index (κ2) is 7.54. The topological polar surface area (TPSA) is 75.9 Å².